The van der Waals surface area contributed by atoms with E-state index >= 15 is 0 Å². The molecule has 0 aromatic heterocycles. The minimum absolute atomic E-state index is 0.224. The number of aliphatic hydroxyl groups is 1. The van der Waals surface area contributed by atoms with Crippen molar-refractivity contribution in [1.29, 1.82) is 0 Å². The number of morpholine rings is 4. The van der Waals surface area contributed by atoms with Crippen molar-refractivity contribution in [1.82, 2.24) is 19.6 Å². The Morgan fingerprint density at radius 2 is 0.786 bits per heavy atom. The van der Waals surface area contributed by atoms with Gasteiger partial charge in [-0.1, -0.05) is 201 Å². The molecule has 8 fully saturated rings. The molecule has 4 aliphatic carbocycles. The van der Waals surface area contributed by atoms with Gasteiger partial charge in [-0.3, -0.25) is 19.6 Å². The predicted molar refractivity (Wildman–Crippen MR) is 402 cm³/mol. The van der Waals surface area contributed by atoms with E-state index in [0.717, 1.165) is 147 Å². The number of rotatable bonds is 19. The predicted octanol–water partition coefficient (Wildman–Crippen LogP) is 15.6. The number of halogens is 1. The molecule has 0 amide bonds. The zero-order chi connectivity index (χ0) is 67.0. The van der Waals surface area contributed by atoms with Crippen LogP contribution in [0.1, 0.15) is 126 Å². The van der Waals surface area contributed by atoms with Gasteiger partial charge in [-0.15, -0.1) is 0 Å². The lowest BCUT2D eigenvalue weighted by Crippen LogP contribution is -2.51. The van der Waals surface area contributed by atoms with Gasteiger partial charge in [0.15, 0.2) is 0 Å². The van der Waals surface area contributed by atoms with Crippen molar-refractivity contribution in [2.45, 2.75) is 171 Å². The highest BCUT2D eigenvalue weighted by molar-refractivity contribution is 9.10. The van der Waals surface area contributed by atoms with E-state index in [9.17, 15) is 0 Å². The first-order chi connectivity index (χ1) is 48.5. The first kappa shape index (κ1) is 74.3. The van der Waals surface area contributed by atoms with E-state index in [-0.39, 0.29) is 6.61 Å². The number of hydrogen-bond donors (Lipinski definition) is 1. The van der Waals surface area contributed by atoms with E-state index in [0.29, 0.717) is 49.7 Å². The van der Waals surface area contributed by atoms with Crippen LogP contribution in [0.2, 0.25) is 0 Å². The highest BCUT2D eigenvalue weighted by Crippen LogP contribution is 2.31. The highest BCUT2D eigenvalue weighted by atomic mass is 79.9. The van der Waals surface area contributed by atoms with Gasteiger partial charge in [-0.2, -0.15) is 0 Å². The molecule has 15 rings (SSSR count). The van der Waals surface area contributed by atoms with Crippen LogP contribution in [-0.4, -0.2) is 205 Å². The number of fused-ring (bicyclic) bond motifs is 3. The maximum atomic E-state index is 8.58. The molecule has 0 radical (unpaired) electrons. The molecule has 7 aromatic carbocycles. The maximum Gasteiger partial charge on any atom is 0.120 e. The van der Waals surface area contributed by atoms with Gasteiger partial charge in [-0.05, 0) is 144 Å². The smallest absolute Gasteiger partial charge is 0.120 e. The van der Waals surface area contributed by atoms with Gasteiger partial charge in [0.05, 0.1) is 91.0 Å². The van der Waals surface area contributed by atoms with Crippen molar-refractivity contribution < 1.29 is 43.0 Å². The van der Waals surface area contributed by atoms with Gasteiger partial charge in [0.25, 0.3) is 0 Å². The third-order valence-corrected chi connectivity index (χ3v) is 22.1. The summed E-state index contributed by atoms with van der Waals surface area (Å²) in [4.78, 5) is 10.4. The van der Waals surface area contributed by atoms with Crippen LogP contribution in [0, 0.1) is 0 Å². The Kier molecular flexibility index (Phi) is 31.8. The maximum absolute atomic E-state index is 8.58. The van der Waals surface area contributed by atoms with Crippen molar-refractivity contribution in [3.8, 4) is 5.75 Å². The molecule has 14 heteroatoms. The zero-order valence-corrected chi connectivity index (χ0v) is 60.4. The Morgan fingerprint density at radius 1 is 0.357 bits per heavy atom. The lowest BCUT2D eigenvalue weighted by atomic mass is 9.91. The van der Waals surface area contributed by atoms with Gasteiger partial charge in [0.2, 0.25) is 0 Å². The van der Waals surface area contributed by atoms with E-state index in [1.54, 1.807) is 0 Å². The molecule has 4 heterocycles. The van der Waals surface area contributed by atoms with Crippen molar-refractivity contribution in [3.63, 3.8) is 0 Å². The summed E-state index contributed by atoms with van der Waals surface area (Å²) < 4.78 is 47.9. The number of aliphatic hydroxyl groups excluding tert-OH is 1. The average Bonchev–Trinajstić information content (AvgIpc) is 0.973. The SMILES string of the molecule is C1CCC(N2CCOCC2)CC1.OCCc1ccc(Br)cc1.c1ccc2c(CCO[C@H]3CCCCC3N3CCOCC3)cccc2c1.c1ccc2cc(CCO[C@H]3CCCCC3N3CCOCC3)ccc2c1.c1ccc2cc(OCCO[C@H]3CCCCC3N3CCOCC3)ccc2c1. The molecule has 1 N–H and O–H groups in total. The second kappa shape index (κ2) is 41.9. The third kappa shape index (κ3) is 23.6. The molecular formula is C84H115BrN4O9. The van der Waals surface area contributed by atoms with E-state index in [2.05, 4.69) is 157 Å². The molecule has 6 atom stereocenters. The molecule has 532 valence electrons. The van der Waals surface area contributed by atoms with Crippen LogP contribution in [0.4, 0.5) is 0 Å². The zero-order valence-electron chi connectivity index (χ0n) is 58.8. The number of ether oxygens (including phenoxy) is 8. The summed E-state index contributed by atoms with van der Waals surface area (Å²) in [6.45, 7) is 18.9. The Labute approximate surface area is 595 Å². The summed E-state index contributed by atoms with van der Waals surface area (Å²) >= 11 is 3.33. The van der Waals surface area contributed by atoms with Gasteiger partial charge < -0.3 is 43.0 Å². The molecule has 4 saturated carbocycles. The minimum atomic E-state index is 0.224. The normalized spacial score (nSPS) is 24.0. The van der Waals surface area contributed by atoms with E-state index < -0.39 is 0 Å². The van der Waals surface area contributed by atoms with E-state index in [4.69, 9.17) is 43.0 Å². The Hall–Kier alpha value is -4.88. The van der Waals surface area contributed by atoms with Gasteiger partial charge in [0, 0.05) is 87.6 Å². The lowest BCUT2D eigenvalue weighted by Gasteiger charge is -2.41. The second-order valence-corrected chi connectivity index (χ2v) is 28.9. The average molecular weight is 1400 g/mol. The van der Waals surface area contributed by atoms with Crippen LogP contribution in [0.15, 0.2) is 156 Å². The van der Waals surface area contributed by atoms with Gasteiger partial charge in [-0.25, -0.2) is 0 Å². The van der Waals surface area contributed by atoms with E-state index in [1.165, 1.54) is 165 Å². The van der Waals surface area contributed by atoms with Gasteiger partial charge in [0.1, 0.15) is 12.4 Å². The second-order valence-electron chi connectivity index (χ2n) is 27.9. The first-order valence-electron chi connectivity index (χ1n) is 38.0. The van der Waals surface area contributed by atoms with Crippen molar-refractivity contribution in [2.24, 2.45) is 0 Å². The van der Waals surface area contributed by atoms with Crippen LogP contribution in [0.5, 0.6) is 5.75 Å². The number of nitrogens with zero attached hydrogens (tertiary/aromatic N) is 4. The number of hydrogen-bond acceptors (Lipinski definition) is 13. The molecule has 3 unspecified atom stereocenters. The Balaban J connectivity index is 0.000000129. The Morgan fingerprint density at radius 3 is 1.33 bits per heavy atom. The first-order valence-corrected chi connectivity index (χ1v) is 38.8. The monoisotopic (exact) mass is 1400 g/mol. The molecule has 0 bridgehead atoms. The van der Waals surface area contributed by atoms with Crippen LogP contribution in [0.3, 0.4) is 0 Å². The quantitative estimate of drug-likeness (QED) is 0.0777. The lowest BCUT2D eigenvalue weighted by molar-refractivity contribution is -0.0698. The summed E-state index contributed by atoms with van der Waals surface area (Å²) in [6.07, 6.45) is 26.3. The molecule has 98 heavy (non-hydrogen) atoms. The fourth-order valence-electron chi connectivity index (χ4n) is 16.1. The Bertz CT molecular complexity index is 3300. The fourth-order valence-corrected chi connectivity index (χ4v) is 16.4. The molecule has 13 nitrogen and oxygen atoms in total. The largest absolute Gasteiger partial charge is 0.491 e. The molecule has 7 aromatic rings. The summed E-state index contributed by atoms with van der Waals surface area (Å²) in [5.41, 5.74) is 3.94. The van der Waals surface area contributed by atoms with Crippen molar-refractivity contribution >= 4 is 48.2 Å². The number of benzene rings is 7. The van der Waals surface area contributed by atoms with Crippen molar-refractivity contribution in [3.05, 3.63) is 173 Å². The topological polar surface area (TPSA) is 107 Å². The summed E-state index contributed by atoms with van der Waals surface area (Å²) in [6, 6.07) is 55.8. The molecular weight excluding hydrogens is 1290 g/mol. The minimum Gasteiger partial charge on any atom is -0.491 e. The summed E-state index contributed by atoms with van der Waals surface area (Å²) in [5.74, 6) is 0.917. The van der Waals surface area contributed by atoms with Crippen LogP contribution in [-0.2, 0) is 52.4 Å². The fraction of sp³-hybridized carbons (Fsp3) is 0.571. The van der Waals surface area contributed by atoms with Gasteiger partial charge >= 0.3 is 0 Å². The van der Waals surface area contributed by atoms with Crippen LogP contribution >= 0.6 is 15.9 Å². The molecule has 0 spiro atoms. The summed E-state index contributed by atoms with van der Waals surface area (Å²) in [5, 5.41) is 16.4. The molecule has 8 aliphatic rings. The summed E-state index contributed by atoms with van der Waals surface area (Å²) in [7, 11) is 0. The van der Waals surface area contributed by atoms with Crippen molar-refractivity contribution in [2.75, 3.05) is 138 Å². The van der Waals surface area contributed by atoms with Crippen LogP contribution < -0.4 is 4.74 Å². The third-order valence-electron chi connectivity index (χ3n) is 21.5. The van der Waals surface area contributed by atoms with E-state index in [1.807, 2.05) is 30.3 Å². The molecule has 4 aliphatic heterocycles. The van der Waals surface area contributed by atoms with Crippen LogP contribution in [0.25, 0.3) is 32.3 Å². The standard InChI is InChI=1S/C22H29NO3.2C22H29NO2.C10H19NO.C8H9BrO/c1-2-6-19-17-20(10-9-18(19)5-1)25-15-16-26-22-8-4-3-7-21(22)23-11-13-24-14-12-23;1-2-9-20-18(6-1)7-5-8-19(20)12-15-25-22-11-4-3-10-21(22)23-13-16-24-17-14-23;1-2-6-20-17-18(9-10-19(20)5-1)11-14-25-22-8-4-3-7-21(22)23-12-15-24-16-13-23;1-2-4-10(5-3-1)11-6-8-12-9-7-11;9-8-3-1-7(2-4-8)5-6-10/h1-2,5-6,9-10,17,21-22H,3-4,7-8,11-16H2;1-2,5-9,21-22H,3-4,10-17H2;1-2,5-6,9-10,17,21-22H,3-4,7-8,11-16H2;10H,1-9H2;1-4,10H,5-6H2/t3*21?,22-;;/m000../s1. The molecule has 4 saturated heterocycles. The highest BCUT2D eigenvalue weighted by Gasteiger charge is 2.34.